The van der Waals surface area contributed by atoms with Crippen molar-refractivity contribution < 1.29 is 9.81 Å². The second kappa shape index (κ2) is 6.06. The predicted octanol–water partition coefficient (Wildman–Crippen LogP) is 1.64. The highest BCUT2D eigenvalue weighted by molar-refractivity contribution is 6.28. The van der Waals surface area contributed by atoms with E-state index in [0.717, 1.165) is 0 Å². The maximum absolute atomic E-state index is 11.3. The largest absolute Gasteiger partial charge is 0.569 e. The van der Waals surface area contributed by atoms with Gasteiger partial charge in [0.1, 0.15) is 0 Å². The number of rotatable bonds is 5. The van der Waals surface area contributed by atoms with Crippen molar-refractivity contribution in [2.45, 2.75) is 13.8 Å². The van der Waals surface area contributed by atoms with E-state index in [2.05, 4.69) is 15.2 Å². The van der Waals surface area contributed by atoms with E-state index in [1.54, 1.807) is 0 Å². The van der Waals surface area contributed by atoms with Crippen LogP contribution in [0.1, 0.15) is 13.8 Å². The third-order valence-electron chi connectivity index (χ3n) is 1.78. The molecule has 1 aromatic heterocycles. The molecule has 1 heterocycles. The number of hydrazine groups is 1. The van der Waals surface area contributed by atoms with Gasteiger partial charge in [0.2, 0.25) is 10.6 Å². The van der Waals surface area contributed by atoms with Crippen LogP contribution >= 0.6 is 11.6 Å². The first-order valence-corrected chi connectivity index (χ1v) is 5.13. The number of nitrogens with zero attached hydrogens (tertiary/aromatic N) is 5. The van der Waals surface area contributed by atoms with E-state index >= 15 is 0 Å². The summed E-state index contributed by atoms with van der Waals surface area (Å²) in [5.41, 5.74) is 0. The Bertz CT molecular complexity index is 369. The summed E-state index contributed by atoms with van der Waals surface area (Å²) >= 11 is 5.53. The minimum atomic E-state index is 0.0352. The fraction of sp³-hybridized carbons (Fsp3) is 0.500. The highest BCUT2D eigenvalue weighted by atomic mass is 35.5. The average molecular weight is 246 g/mol. The van der Waals surface area contributed by atoms with Gasteiger partial charge in [0.25, 0.3) is 5.88 Å². The van der Waals surface area contributed by atoms with Crippen LogP contribution in [0.3, 0.4) is 0 Å². The van der Waals surface area contributed by atoms with Gasteiger partial charge in [-0.15, -0.1) is 5.01 Å². The molecule has 1 aromatic rings. The highest BCUT2D eigenvalue weighted by Crippen LogP contribution is 2.08. The van der Waals surface area contributed by atoms with E-state index in [0.29, 0.717) is 18.1 Å². The lowest BCUT2D eigenvalue weighted by Gasteiger charge is -2.12. The Labute approximate surface area is 97.8 Å². The summed E-state index contributed by atoms with van der Waals surface area (Å²) in [5.74, 6) is 0.119. The summed E-state index contributed by atoms with van der Waals surface area (Å²) in [6.45, 7) is 4.76. The molecule has 88 valence electrons. The molecule has 16 heavy (non-hydrogen) atoms. The highest BCUT2D eigenvalue weighted by Gasteiger charge is 2.07. The number of hydrogen-bond acceptors (Lipinski definition) is 5. The molecule has 0 radical (unpaired) electrons. The molecule has 0 bridgehead atoms. The molecule has 0 aliphatic rings. The van der Waals surface area contributed by atoms with Crippen molar-refractivity contribution in [1.29, 1.82) is 0 Å². The normalized spacial score (nSPS) is 11.3. The first kappa shape index (κ1) is 12.4. The Kier molecular flexibility index (Phi) is 4.71. The van der Waals surface area contributed by atoms with Gasteiger partial charge in [-0.05, 0) is 25.4 Å². The first-order chi connectivity index (χ1) is 7.67. The second-order valence-electron chi connectivity index (χ2n) is 2.73. The number of hydrogen-bond donors (Lipinski definition) is 0. The minimum Gasteiger partial charge on any atom is -0.569 e. The van der Waals surface area contributed by atoms with Gasteiger partial charge in [0.15, 0.2) is 0 Å². The van der Waals surface area contributed by atoms with Gasteiger partial charge in [-0.2, -0.15) is 4.98 Å². The lowest BCUT2D eigenvalue weighted by molar-refractivity contribution is -0.706. The molecule has 0 N–H and O–H groups in total. The third-order valence-corrected chi connectivity index (χ3v) is 1.96. The summed E-state index contributed by atoms with van der Waals surface area (Å²) in [6.07, 6.45) is 1.41. The van der Waals surface area contributed by atoms with E-state index in [1.165, 1.54) is 17.3 Å². The summed E-state index contributed by atoms with van der Waals surface area (Å²) in [4.78, 5) is 12.5. The van der Waals surface area contributed by atoms with Crippen LogP contribution in [0.15, 0.2) is 17.5 Å². The summed E-state index contributed by atoms with van der Waals surface area (Å²) in [6, 6.07) is 1.45. The quantitative estimate of drug-likeness (QED) is 0.341. The number of halogens is 1. The van der Waals surface area contributed by atoms with Crippen LogP contribution in [-0.2, 0) is 0 Å². The Balaban J connectivity index is 2.65. The molecule has 0 spiro atoms. The first-order valence-electron chi connectivity index (χ1n) is 4.76. The van der Waals surface area contributed by atoms with Crippen LogP contribution in [0, 0.1) is 5.21 Å². The lowest BCUT2D eigenvalue weighted by Crippen LogP contribution is -2.30. The third kappa shape index (κ3) is 3.50. The smallest absolute Gasteiger partial charge is 0.259 e. The van der Waals surface area contributed by atoms with E-state index in [4.69, 9.17) is 16.4 Å². The predicted molar refractivity (Wildman–Crippen MR) is 56.6 cm³/mol. The van der Waals surface area contributed by atoms with Crippen LogP contribution in [-0.4, -0.2) is 33.0 Å². The molecular weight excluding hydrogens is 234 g/mol. The minimum absolute atomic E-state index is 0.0352. The van der Waals surface area contributed by atoms with Crippen molar-refractivity contribution in [2.24, 2.45) is 5.28 Å². The maximum atomic E-state index is 11.3. The Hall–Kier alpha value is -1.63. The fourth-order valence-electron chi connectivity index (χ4n) is 0.964. The molecular formula is C8H12ClN5O2. The van der Waals surface area contributed by atoms with Gasteiger partial charge in [-0.3, -0.25) is 4.84 Å². The van der Waals surface area contributed by atoms with Crippen LogP contribution in [0.2, 0.25) is 5.28 Å². The molecule has 0 unspecified atom stereocenters. The zero-order valence-corrected chi connectivity index (χ0v) is 9.76. The summed E-state index contributed by atoms with van der Waals surface area (Å²) in [7, 11) is 0. The van der Waals surface area contributed by atoms with Crippen molar-refractivity contribution in [3.63, 3.8) is 0 Å². The molecule has 0 aliphatic carbocycles. The van der Waals surface area contributed by atoms with Gasteiger partial charge in [0.05, 0.1) is 18.1 Å². The van der Waals surface area contributed by atoms with Gasteiger partial charge < -0.3 is 5.21 Å². The van der Waals surface area contributed by atoms with Crippen LogP contribution in [0.5, 0.6) is 5.88 Å². The van der Waals surface area contributed by atoms with Gasteiger partial charge in [0, 0.05) is 12.3 Å². The van der Waals surface area contributed by atoms with Crippen LogP contribution < -0.4 is 4.84 Å². The van der Waals surface area contributed by atoms with Crippen molar-refractivity contribution in [2.75, 3.05) is 13.1 Å². The summed E-state index contributed by atoms with van der Waals surface area (Å²) < 4.78 is 0. The van der Waals surface area contributed by atoms with Crippen molar-refractivity contribution in [3.05, 3.63) is 22.8 Å². The van der Waals surface area contributed by atoms with E-state index < -0.39 is 0 Å². The molecule has 7 nitrogen and oxygen atoms in total. The SMILES string of the molecule is CCN(CC)/[N+]([O-])=N/Oc1ccnc(Cl)n1. The zero-order valence-electron chi connectivity index (χ0n) is 9.00. The molecule has 8 heteroatoms. The van der Waals surface area contributed by atoms with Crippen molar-refractivity contribution >= 4 is 11.6 Å². The second-order valence-corrected chi connectivity index (χ2v) is 3.07. The molecule has 0 aromatic carbocycles. The lowest BCUT2D eigenvalue weighted by atomic mass is 10.6. The van der Waals surface area contributed by atoms with Crippen LogP contribution in [0.25, 0.3) is 0 Å². The zero-order chi connectivity index (χ0) is 12.0. The van der Waals surface area contributed by atoms with Gasteiger partial charge >= 0.3 is 0 Å². The molecule has 0 aliphatic heterocycles. The van der Waals surface area contributed by atoms with E-state index in [9.17, 15) is 5.21 Å². The Morgan fingerprint density at radius 2 is 2.25 bits per heavy atom. The molecule has 1 rings (SSSR count). The van der Waals surface area contributed by atoms with Crippen LogP contribution in [0.4, 0.5) is 0 Å². The fourth-order valence-corrected chi connectivity index (χ4v) is 1.10. The van der Waals surface area contributed by atoms with E-state index in [-0.39, 0.29) is 11.2 Å². The standard InChI is InChI=1S/C8H12ClN5O2/c1-3-13(4-2)14(15)12-16-7-5-6-10-8(9)11-7/h5-6H,3-4H2,1-2H3/b14-12-. The number of aromatic nitrogens is 2. The van der Waals surface area contributed by atoms with Gasteiger partial charge in [-0.25, -0.2) is 4.98 Å². The molecule has 0 atom stereocenters. The summed E-state index contributed by atoms with van der Waals surface area (Å²) in [5, 5.41) is 16.1. The van der Waals surface area contributed by atoms with E-state index in [1.807, 2.05) is 13.8 Å². The molecule has 0 amide bonds. The van der Waals surface area contributed by atoms with Crippen molar-refractivity contribution in [1.82, 2.24) is 15.0 Å². The topological polar surface area (TPSA) is 76.7 Å². The average Bonchev–Trinajstić information content (AvgIpc) is 2.28. The van der Waals surface area contributed by atoms with Crippen molar-refractivity contribution in [3.8, 4) is 5.88 Å². The maximum Gasteiger partial charge on any atom is 0.259 e. The molecule has 0 saturated carbocycles. The molecule has 0 fully saturated rings. The van der Waals surface area contributed by atoms with Gasteiger partial charge in [-0.1, -0.05) is 0 Å². The molecule has 0 saturated heterocycles. The Morgan fingerprint density at radius 1 is 1.56 bits per heavy atom. The Morgan fingerprint density at radius 3 is 2.81 bits per heavy atom. The monoisotopic (exact) mass is 245 g/mol.